The summed E-state index contributed by atoms with van der Waals surface area (Å²) < 4.78 is 29.5. The number of aromatic nitrogens is 8. The van der Waals surface area contributed by atoms with Crippen LogP contribution in [-0.4, -0.2) is 50.9 Å². The number of carbonyl (C=O) groups excluding carboxylic acids is 2. The molecule has 5 aromatic heterocycles. The highest BCUT2D eigenvalue weighted by Gasteiger charge is 2.20. The van der Waals surface area contributed by atoms with Crippen molar-refractivity contribution in [2.45, 2.75) is 13.1 Å². The number of rotatable bonds is 10. The Bertz CT molecular complexity index is 3960. The summed E-state index contributed by atoms with van der Waals surface area (Å²) in [6.45, 7) is -1.10. The number of nitrogens with zero attached hydrogens (tertiary/aromatic N) is 4. The van der Waals surface area contributed by atoms with E-state index in [9.17, 15) is 37.5 Å². The van der Waals surface area contributed by atoms with Crippen LogP contribution in [0.1, 0.15) is 22.8 Å². The van der Waals surface area contributed by atoms with Crippen molar-refractivity contribution in [3.05, 3.63) is 222 Å². The molecule has 8 bridgehead atoms. The molecule has 2 aliphatic rings. The van der Waals surface area contributed by atoms with Gasteiger partial charge in [0.15, 0.2) is 0 Å². The van der Waals surface area contributed by atoms with Crippen LogP contribution in [0.5, 0.6) is 0 Å². The molecule has 16 nitrogen and oxygen atoms in total. The van der Waals surface area contributed by atoms with Gasteiger partial charge in [-0.25, -0.2) is 19.6 Å². The summed E-state index contributed by atoms with van der Waals surface area (Å²) in [6.07, 6.45) is 9.19. The van der Waals surface area contributed by atoms with E-state index in [0.717, 1.165) is 53.8 Å². The Balaban J connectivity index is 1.08. The second-order valence-electron chi connectivity index (χ2n) is 17.2. The van der Waals surface area contributed by atoms with Gasteiger partial charge in [0.2, 0.25) is 23.4 Å². The summed E-state index contributed by atoms with van der Waals surface area (Å²) in [5.41, 5.74) is 8.59. The van der Waals surface area contributed by atoms with Crippen molar-refractivity contribution in [2.24, 2.45) is 0 Å². The standard InChI is InChI=1S/C56H38F2N10O6/c57-37-27-67(55(73)65-53(37)71)29-47(69)59-35-15-11-33(12-16-35)51-43-23-21-41(62-43)49(31-7-3-1-4-8-31)39-19-20-40(61-39)50(32-9-5-2-6-10-32)42-22-24-44(63-42)52(46-26-25-45(51)64-46)34-13-17-36(18-14-34)60-48(70)30-68-28-38(58)54(72)66-56(68)74/h1-28,62-63H,29-30H2,(H,59,69)(H,60,70)(H,65,71,73)(H,66,72,74). The quantitative estimate of drug-likeness (QED) is 0.0776. The van der Waals surface area contributed by atoms with Crippen LogP contribution in [0.15, 0.2) is 165 Å². The summed E-state index contributed by atoms with van der Waals surface area (Å²) >= 11 is 0. The predicted octanol–water partition coefficient (Wildman–Crippen LogP) is 8.58. The van der Waals surface area contributed by atoms with Gasteiger partial charge in [0.1, 0.15) is 13.1 Å². The number of carbonyl (C=O) groups is 2. The number of nitrogens with one attached hydrogen (secondary N) is 6. The van der Waals surface area contributed by atoms with Crippen molar-refractivity contribution >= 4 is 69.6 Å². The molecule has 9 aromatic rings. The van der Waals surface area contributed by atoms with Crippen molar-refractivity contribution in [3.63, 3.8) is 0 Å². The molecule has 2 aliphatic heterocycles. The maximum Gasteiger partial charge on any atom is 0.328 e. The maximum atomic E-state index is 14.0. The van der Waals surface area contributed by atoms with Gasteiger partial charge in [-0.15, -0.1) is 0 Å². The third-order valence-corrected chi connectivity index (χ3v) is 12.4. The summed E-state index contributed by atoms with van der Waals surface area (Å²) in [5.74, 6) is -3.67. The largest absolute Gasteiger partial charge is 0.354 e. The zero-order valence-electron chi connectivity index (χ0n) is 38.6. The van der Waals surface area contributed by atoms with E-state index in [1.807, 2.05) is 143 Å². The van der Waals surface area contributed by atoms with E-state index in [0.29, 0.717) is 68.4 Å². The Morgan fingerprint density at radius 2 is 0.730 bits per heavy atom. The Morgan fingerprint density at radius 3 is 1.05 bits per heavy atom. The SMILES string of the molecule is O=C(Cn1cc(F)c(=O)[nH]c1=O)Nc1ccc(-c2c3nc(c(-c4ccc(NC(=O)Cn5cc(F)c(=O)[nH]c5=O)cc4)c4ccc([nH]4)c(-c4ccccc4)c4nc(c(-c5ccccc5)c5ccc2[nH]5)C=C4)C=C3)cc1. The average molecular weight is 985 g/mol. The Morgan fingerprint density at radius 1 is 0.419 bits per heavy atom. The fourth-order valence-corrected chi connectivity index (χ4v) is 8.98. The molecule has 0 saturated carbocycles. The Kier molecular flexibility index (Phi) is 11.9. The normalized spacial score (nSPS) is 11.7. The molecule has 7 heterocycles. The van der Waals surface area contributed by atoms with Gasteiger partial charge in [-0.2, -0.15) is 8.78 Å². The van der Waals surface area contributed by atoms with Gasteiger partial charge < -0.3 is 20.6 Å². The minimum atomic E-state index is -1.20. The zero-order chi connectivity index (χ0) is 51.0. The first kappa shape index (κ1) is 46.0. The molecule has 0 radical (unpaired) electrons. The molecule has 0 aliphatic carbocycles. The van der Waals surface area contributed by atoms with Crippen LogP contribution in [0.25, 0.3) is 90.9 Å². The first-order valence-electron chi connectivity index (χ1n) is 23.0. The third-order valence-electron chi connectivity index (χ3n) is 12.4. The lowest BCUT2D eigenvalue weighted by Crippen LogP contribution is -2.34. The molecule has 74 heavy (non-hydrogen) atoms. The minimum Gasteiger partial charge on any atom is -0.354 e. The zero-order valence-corrected chi connectivity index (χ0v) is 38.6. The highest BCUT2D eigenvalue weighted by molar-refractivity contribution is 6.00. The number of hydrogen-bond acceptors (Lipinski definition) is 8. The van der Waals surface area contributed by atoms with Gasteiger partial charge in [-0.3, -0.25) is 38.3 Å². The smallest absolute Gasteiger partial charge is 0.328 e. The highest BCUT2D eigenvalue weighted by Crippen LogP contribution is 2.39. The number of benzene rings is 4. The fraction of sp³-hybridized carbons (Fsp3) is 0.0357. The van der Waals surface area contributed by atoms with Crippen molar-refractivity contribution in [1.82, 2.24) is 39.0 Å². The van der Waals surface area contributed by atoms with Gasteiger partial charge >= 0.3 is 11.4 Å². The van der Waals surface area contributed by atoms with Crippen LogP contribution in [0.4, 0.5) is 20.2 Å². The molecule has 6 N–H and O–H groups in total. The van der Waals surface area contributed by atoms with Crippen molar-refractivity contribution in [1.29, 1.82) is 0 Å². The summed E-state index contributed by atoms with van der Waals surface area (Å²) in [4.78, 5) is 95.4. The molecular formula is C56H38F2N10O6. The maximum absolute atomic E-state index is 14.0. The molecule has 0 fully saturated rings. The molecule has 362 valence electrons. The molecule has 0 spiro atoms. The molecule has 0 saturated heterocycles. The monoisotopic (exact) mass is 984 g/mol. The highest BCUT2D eigenvalue weighted by atomic mass is 19.1. The van der Waals surface area contributed by atoms with E-state index in [4.69, 9.17) is 9.97 Å². The number of amides is 2. The second-order valence-corrected chi connectivity index (χ2v) is 17.2. The molecule has 4 aromatic carbocycles. The van der Waals surface area contributed by atoms with Crippen LogP contribution in [0.3, 0.4) is 0 Å². The first-order chi connectivity index (χ1) is 35.9. The van der Waals surface area contributed by atoms with Crippen LogP contribution in [0.2, 0.25) is 0 Å². The van der Waals surface area contributed by atoms with Crippen LogP contribution < -0.4 is 33.1 Å². The molecule has 0 unspecified atom stereocenters. The van der Waals surface area contributed by atoms with E-state index in [1.54, 1.807) is 24.3 Å². The fourth-order valence-electron chi connectivity index (χ4n) is 8.98. The molecule has 0 atom stereocenters. The number of aromatic amines is 4. The molecule has 2 amide bonds. The van der Waals surface area contributed by atoms with E-state index >= 15 is 0 Å². The van der Waals surface area contributed by atoms with Crippen molar-refractivity contribution < 1.29 is 18.4 Å². The van der Waals surface area contributed by atoms with E-state index in [1.165, 1.54) is 0 Å². The van der Waals surface area contributed by atoms with Crippen molar-refractivity contribution in [3.8, 4) is 44.5 Å². The summed E-state index contributed by atoms with van der Waals surface area (Å²) in [6, 6.07) is 41.9. The number of hydrogen-bond donors (Lipinski definition) is 6. The average Bonchev–Trinajstić information content (AvgIpc) is 4.25. The number of anilines is 2. The first-order valence-corrected chi connectivity index (χ1v) is 23.0. The topological polar surface area (TPSA) is 225 Å². The van der Waals surface area contributed by atoms with Gasteiger partial charge in [0.25, 0.3) is 11.1 Å². The Hall–Kier alpha value is -10.4. The lowest BCUT2D eigenvalue weighted by Gasteiger charge is -2.10. The van der Waals surface area contributed by atoms with Crippen LogP contribution >= 0.6 is 0 Å². The minimum absolute atomic E-state index is 0.385. The van der Waals surface area contributed by atoms with Crippen LogP contribution in [-0.2, 0) is 22.7 Å². The number of fused-ring (bicyclic) bond motifs is 8. The van der Waals surface area contributed by atoms with Gasteiger partial charge in [0.05, 0.1) is 35.2 Å². The predicted molar refractivity (Wildman–Crippen MR) is 280 cm³/mol. The molecule has 18 heteroatoms. The Labute approximate surface area is 415 Å². The summed E-state index contributed by atoms with van der Waals surface area (Å²) in [5, 5.41) is 5.46. The molecule has 11 rings (SSSR count). The lowest BCUT2D eigenvalue weighted by atomic mass is 10.0. The van der Waals surface area contributed by atoms with E-state index < -0.39 is 59.0 Å². The van der Waals surface area contributed by atoms with Crippen molar-refractivity contribution in [2.75, 3.05) is 10.6 Å². The van der Waals surface area contributed by atoms with E-state index in [2.05, 4.69) is 20.6 Å². The summed E-state index contributed by atoms with van der Waals surface area (Å²) in [7, 11) is 0. The van der Waals surface area contributed by atoms with Gasteiger partial charge in [-0.05, 0) is 95.1 Å². The van der Waals surface area contributed by atoms with E-state index in [-0.39, 0.29) is 0 Å². The third kappa shape index (κ3) is 9.12. The van der Waals surface area contributed by atoms with Gasteiger partial charge in [-0.1, -0.05) is 84.9 Å². The lowest BCUT2D eigenvalue weighted by molar-refractivity contribution is -0.117. The molecular weight excluding hydrogens is 947 g/mol. The second kappa shape index (κ2) is 19.1. The van der Waals surface area contributed by atoms with Crippen LogP contribution in [0, 0.1) is 11.6 Å². The number of H-pyrrole nitrogens is 4. The van der Waals surface area contributed by atoms with Gasteiger partial charge in [0, 0.05) is 55.7 Å². The number of halogens is 2.